The van der Waals surface area contributed by atoms with Crippen molar-refractivity contribution in [1.82, 2.24) is 0 Å². The van der Waals surface area contributed by atoms with E-state index in [0.29, 0.717) is 0 Å². The van der Waals surface area contributed by atoms with Crippen molar-refractivity contribution in [2.24, 2.45) is 0 Å². The fourth-order valence-corrected chi connectivity index (χ4v) is 0.576. The Labute approximate surface area is 98.4 Å². The Hall–Kier alpha value is 0.403. The molecule has 0 saturated carbocycles. The third kappa shape index (κ3) is 4.43. The molecule has 0 heterocycles. The Morgan fingerprint density at radius 1 is 1.17 bits per heavy atom. The van der Waals surface area contributed by atoms with Gasteiger partial charge in [-0.1, -0.05) is 0 Å². The maximum absolute atomic E-state index is 11.8. The zero-order valence-electron chi connectivity index (χ0n) is 6.03. The summed E-state index contributed by atoms with van der Waals surface area (Å²) in [6.07, 6.45) is 0.223. The number of rotatable bonds is 0. The Morgan fingerprint density at radius 3 is 2.00 bits per heavy atom. The number of halogens is 4. The van der Waals surface area contributed by atoms with Crippen LogP contribution in [-0.2, 0) is 19.5 Å². The van der Waals surface area contributed by atoms with Crippen LogP contribution < -0.4 is 24.0 Å². The van der Waals surface area contributed by atoms with Crippen LogP contribution in [0.2, 0.25) is 0 Å². The van der Waals surface area contributed by atoms with Crippen LogP contribution in [0, 0.1) is 6.42 Å². The summed E-state index contributed by atoms with van der Waals surface area (Å²) in [5, 5.41) is 0. The quantitative estimate of drug-likeness (QED) is 0.315. The summed E-state index contributed by atoms with van der Waals surface area (Å²) in [6.45, 7) is 0. The van der Waals surface area contributed by atoms with Gasteiger partial charge in [0.2, 0.25) is 0 Å². The van der Waals surface area contributed by atoms with Crippen LogP contribution in [0.1, 0.15) is 0 Å². The van der Waals surface area contributed by atoms with Gasteiger partial charge in [0.15, 0.2) is 0 Å². The van der Waals surface area contributed by atoms with Crippen molar-refractivity contribution < 1.29 is 56.6 Å². The smallest absolute Gasteiger partial charge is 0.413 e. The second-order valence-electron chi connectivity index (χ2n) is 1.79. The topological polar surface area (TPSA) is 0 Å². The Bertz CT molecular complexity index is 223. The third-order valence-electron chi connectivity index (χ3n) is 1.05. The van der Waals surface area contributed by atoms with Crippen LogP contribution in [0.25, 0.3) is 0 Å². The predicted molar refractivity (Wildman–Crippen MR) is 31.1 cm³/mol. The molecular weight excluding hydrogens is 333 g/mol. The molecule has 0 aromatic rings. The standard InChI is InChI=1S/C7H4F3.HI.Zn/c8-7(9,10)6-4-2-1-3-5-6;;/h2-5H;1H;/p-1. The van der Waals surface area contributed by atoms with Crippen molar-refractivity contribution in [2.75, 3.05) is 0 Å². The average Bonchev–Trinajstić information content (AvgIpc) is 1.88. The van der Waals surface area contributed by atoms with Crippen molar-refractivity contribution in [2.45, 2.75) is 6.18 Å². The zero-order chi connectivity index (χ0) is 7.61. The zero-order valence-corrected chi connectivity index (χ0v) is 11.2. The van der Waals surface area contributed by atoms with Gasteiger partial charge in [-0.05, 0) is 18.2 Å². The molecule has 0 atom stereocenters. The molecule has 0 aromatic heterocycles. The SMILES string of the molecule is FC(F)(F)C1=CC=C=C[CH]1.[I-].[Zn]. The van der Waals surface area contributed by atoms with E-state index in [9.17, 15) is 13.2 Å². The summed E-state index contributed by atoms with van der Waals surface area (Å²) in [5.74, 6) is 0. The van der Waals surface area contributed by atoms with Crippen molar-refractivity contribution in [3.05, 3.63) is 36.0 Å². The van der Waals surface area contributed by atoms with Gasteiger partial charge >= 0.3 is 6.18 Å². The van der Waals surface area contributed by atoms with Crippen LogP contribution in [0.5, 0.6) is 0 Å². The van der Waals surface area contributed by atoms with E-state index in [1.54, 1.807) is 0 Å². The first kappa shape index (κ1) is 14.9. The van der Waals surface area contributed by atoms with E-state index in [2.05, 4.69) is 5.73 Å². The van der Waals surface area contributed by atoms with Crippen molar-refractivity contribution in [1.29, 1.82) is 0 Å². The molecule has 0 fully saturated rings. The minimum absolute atomic E-state index is 0. The van der Waals surface area contributed by atoms with Crippen molar-refractivity contribution in [3.8, 4) is 0 Å². The third-order valence-corrected chi connectivity index (χ3v) is 1.05. The number of hydrogen-bond acceptors (Lipinski definition) is 0. The van der Waals surface area contributed by atoms with E-state index in [1.165, 1.54) is 12.2 Å². The van der Waals surface area contributed by atoms with Crippen LogP contribution in [0.15, 0.2) is 29.5 Å². The first-order chi connectivity index (χ1) is 4.61. The largest absolute Gasteiger partial charge is 1.00 e. The van der Waals surface area contributed by atoms with Gasteiger partial charge in [0.25, 0.3) is 0 Å². The molecule has 0 bridgehead atoms. The number of allylic oxidation sites excluding steroid dienone is 3. The Balaban J connectivity index is 0. The molecule has 0 saturated heterocycles. The molecule has 0 spiro atoms. The van der Waals surface area contributed by atoms with Gasteiger partial charge in [-0.25, -0.2) is 0 Å². The molecule has 12 heavy (non-hydrogen) atoms. The van der Waals surface area contributed by atoms with E-state index in [4.69, 9.17) is 0 Å². The summed E-state index contributed by atoms with van der Waals surface area (Å²) in [5.41, 5.74) is 1.87. The van der Waals surface area contributed by atoms with E-state index in [-0.39, 0.29) is 43.5 Å². The molecule has 0 N–H and O–H groups in total. The maximum atomic E-state index is 11.8. The molecule has 0 aromatic carbocycles. The second-order valence-corrected chi connectivity index (χ2v) is 1.79. The molecule has 1 aliphatic rings. The molecular formula is C7H4F3IZn-. The van der Waals surface area contributed by atoms with Gasteiger partial charge in [0.05, 0.1) is 0 Å². The van der Waals surface area contributed by atoms with E-state index < -0.39 is 11.7 Å². The molecule has 1 radical (unpaired) electrons. The van der Waals surface area contributed by atoms with Gasteiger partial charge in [0, 0.05) is 31.5 Å². The molecule has 5 heteroatoms. The molecule has 1 aliphatic carbocycles. The number of hydrogen-bond donors (Lipinski definition) is 0. The maximum Gasteiger partial charge on any atom is 0.413 e. The fourth-order valence-electron chi connectivity index (χ4n) is 0.576. The van der Waals surface area contributed by atoms with Gasteiger partial charge in [-0.3, -0.25) is 0 Å². The molecule has 0 nitrogen and oxygen atoms in total. The van der Waals surface area contributed by atoms with E-state index in [1.807, 2.05) is 0 Å². The first-order valence-electron chi connectivity index (χ1n) is 2.64. The van der Waals surface area contributed by atoms with Crippen LogP contribution in [0.4, 0.5) is 13.2 Å². The predicted octanol–water partition coefficient (Wildman–Crippen LogP) is -0.594. The van der Waals surface area contributed by atoms with Gasteiger partial charge < -0.3 is 24.0 Å². The summed E-state index contributed by atoms with van der Waals surface area (Å²) in [7, 11) is 0. The van der Waals surface area contributed by atoms with Crippen molar-refractivity contribution >= 4 is 0 Å². The summed E-state index contributed by atoms with van der Waals surface area (Å²) in [6, 6.07) is 0. The summed E-state index contributed by atoms with van der Waals surface area (Å²) >= 11 is 0. The number of alkyl halides is 3. The minimum atomic E-state index is -4.23. The summed E-state index contributed by atoms with van der Waals surface area (Å²) in [4.78, 5) is 0. The average molecular weight is 337 g/mol. The van der Waals surface area contributed by atoms with E-state index >= 15 is 0 Å². The minimum Gasteiger partial charge on any atom is -1.00 e. The Morgan fingerprint density at radius 2 is 1.75 bits per heavy atom. The van der Waals surface area contributed by atoms with Crippen LogP contribution in [0.3, 0.4) is 0 Å². The van der Waals surface area contributed by atoms with Gasteiger partial charge in [-0.15, -0.1) is 5.73 Å². The van der Waals surface area contributed by atoms with E-state index in [0.717, 1.165) is 12.5 Å². The van der Waals surface area contributed by atoms with Gasteiger partial charge in [-0.2, -0.15) is 13.2 Å². The Kier molecular flexibility index (Phi) is 7.39. The fraction of sp³-hybridized carbons (Fsp3) is 0.143. The first-order valence-corrected chi connectivity index (χ1v) is 2.64. The molecule has 63 valence electrons. The second kappa shape index (κ2) is 5.95. The molecule has 0 aliphatic heterocycles. The molecule has 0 amide bonds. The molecule has 1 rings (SSSR count). The van der Waals surface area contributed by atoms with Gasteiger partial charge in [0.1, 0.15) is 0 Å². The normalized spacial score (nSPS) is 14.4. The summed E-state index contributed by atoms with van der Waals surface area (Å²) < 4.78 is 35.3. The monoisotopic (exact) mass is 336 g/mol. The van der Waals surface area contributed by atoms with Crippen molar-refractivity contribution in [3.63, 3.8) is 0 Å². The molecule has 0 unspecified atom stereocenters. The van der Waals surface area contributed by atoms with Crippen LogP contribution in [-0.4, -0.2) is 6.18 Å². The van der Waals surface area contributed by atoms with Crippen LogP contribution >= 0.6 is 0 Å².